The Labute approximate surface area is 175 Å². The Bertz CT molecular complexity index is 1080. The monoisotopic (exact) mass is 432 g/mol. The van der Waals surface area contributed by atoms with Gasteiger partial charge in [0.2, 0.25) is 6.29 Å². The van der Waals surface area contributed by atoms with E-state index in [0.717, 1.165) is 12.1 Å². The first-order chi connectivity index (χ1) is 14.6. The zero-order valence-electron chi connectivity index (χ0n) is 16.2. The van der Waals surface area contributed by atoms with Crippen LogP contribution in [0.2, 0.25) is 0 Å². The highest BCUT2D eigenvalue weighted by Crippen LogP contribution is 2.39. The number of aryl methyl sites for hydroxylation is 1. The number of aliphatic hydroxyl groups is 4. The van der Waals surface area contributed by atoms with Gasteiger partial charge in [-0.2, -0.15) is 0 Å². The van der Waals surface area contributed by atoms with Gasteiger partial charge in [0.1, 0.15) is 30.2 Å². The van der Waals surface area contributed by atoms with Crippen molar-refractivity contribution in [3.05, 3.63) is 52.1 Å². The van der Waals surface area contributed by atoms with Gasteiger partial charge >= 0.3 is 0 Å². The van der Waals surface area contributed by atoms with Gasteiger partial charge in [0.05, 0.1) is 12.2 Å². The lowest BCUT2D eigenvalue weighted by molar-refractivity contribution is -0.277. The number of fused-ring (bicyclic) bond motifs is 2. The van der Waals surface area contributed by atoms with Gasteiger partial charge in [-0.05, 0) is 36.8 Å². The smallest absolute Gasteiger partial charge is 0.229 e. The number of ketones is 2. The van der Waals surface area contributed by atoms with Crippen LogP contribution in [0.1, 0.15) is 37.4 Å². The number of aliphatic hydroxyl groups excluding tert-OH is 4. The number of phenols is 2. The van der Waals surface area contributed by atoms with Crippen LogP contribution in [-0.2, 0) is 4.74 Å². The summed E-state index contributed by atoms with van der Waals surface area (Å²) in [6.07, 6.45) is -7.88. The van der Waals surface area contributed by atoms with Crippen molar-refractivity contribution in [1.29, 1.82) is 0 Å². The van der Waals surface area contributed by atoms with Crippen molar-refractivity contribution >= 4 is 11.6 Å². The summed E-state index contributed by atoms with van der Waals surface area (Å²) < 4.78 is 10.6. The number of carbonyl (C=O) groups is 2. The second-order valence-electron chi connectivity index (χ2n) is 7.55. The fraction of sp³-hybridized carbons (Fsp3) is 0.333. The van der Waals surface area contributed by atoms with E-state index in [1.165, 1.54) is 12.1 Å². The Kier molecular flexibility index (Phi) is 5.20. The molecule has 0 saturated carbocycles. The van der Waals surface area contributed by atoms with Crippen LogP contribution in [-0.4, -0.2) is 79.5 Å². The topological polar surface area (TPSA) is 174 Å². The molecule has 0 bridgehead atoms. The predicted molar refractivity (Wildman–Crippen MR) is 102 cm³/mol. The van der Waals surface area contributed by atoms with Crippen LogP contribution in [0.25, 0.3) is 0 Å². The zero-order chi connectivity index (χ0) is 22.6. The average molecular weight is 432 g/mol. The van der Waals surface area contributed by atoms with Gasteiger partial charge in [0.15, 0.2) is 23.1 Å². The SMILES string of the molecule is Cc1cc(O)c2c(c1)C(=O)c1cc(O)c(OC3OC(CO)C(O)C(O)C3O)cc1C2=O. The molecule has 5 unspecified atom stereocenters. The molecule has 2 aromatic rings. The fourth-order valence-electron chi connectivity index (χ4n) is 3.79. The number of benzene rings is 2. The molecule has 10 nitrogen and oxygen atoms in total. The Morgan fingerprint density at radius 2 is 1.55 bits per heavy atom. The summed E-state index contributed by atoms with van der Waals surface area (Å²) in [5.74, 6) is -2.49. The number of aromatic hydroxyl groups is 2. The molecular weight excluding hydrogens is 412 g/mol. The van der Waals surface area contributed by atoms with Crippen LogP contribution in [0.15, 0.2) is 24.3 Å². The third-order valence-corrected chi connectivity index (χ3v) is 5.41. The van der Waals surface area contributed by atoms with Gasteiger partial charge in [-0.1, -0.05) is 0 Å². The second-order valence-corrected chi connectivity index (χ2v) is 7.55. The molecule has 2 aliphatic rings. The summed E-state index contributed by atoms with van der Waals surface area (Å²) in [5.41, 5.74) is 0.174. The van der Waals surface area contributed by atoms with Gasteiger partial charge in [0, 0.05) is 16.7 Å². The molecular formula is C21H20O10. The summed E-state index contributed by atoms with van der Waals surface area (Å²) in [5, 5.41) is 59.7. The Morgan fingerprint density at radius 1 is 0.871 bits per heavy atom. The van der Waals surface area contributed by atoms with Crippen molar-refractivity contribution in [3.8, 4) is 17.2 Å². The molecule has 0 amide bonds. The maximum absolute atomic E-state index is 13.0. The first kappa shape index (κ1) is 21.2. The number of phenolic OH excluding ortho intramolecular Hbond substituents is 2. The van der Waals surface area contributed by atoms with E-state index in [9.17, 15) is 40.2 Å². The highest BCUT2D eigenvalue weighted by Gasteiger charge is 2.45. The van der Waals surface area contributed by atoms with E-state index < -0.39 is 54.6 Å². The molecule has 2 aromatic carbocycles. The molecule has 1 saturated heterocycles. The first-order valence-electron chi connectivity index (χ1n) is 9.41. The summed E-state index contributed by atoms with van der Waals surface area (Å²) in [6.45, 7) is 0.978. The van der Waals surface area contributed by atoms with Crippen molar-refractivity contribution in [1.82, 2.24) is 0 Å². The molecule has 0 aromatic heterocycles. The third kappa shape index (κ3) is 3.34. The van der Waals surface area contributed by atoms with Gasteiger partial charge < -0.3 is 40.1 Å². The van der Waals surface area contributed by atoms with Crippen LogP contribution in [0.5, 0.6) is 17.2 Å². The number of carbonyl (C=O) groups excluding carboxylic acids is 2. The van der Waals surface area contributed by atoms with Gasteiger partial charge in [-0.3, -0.25) is 9.59 Å². The molecule has 5 atom stereocenters. The summed E-state index contributed by atoms with van der Waals surface area (Å²) in [4.78, 5) is 25.8. The molecule has 10 heteroatoms. The maximum Gasteiger partial charge on any atom is 0.229 e. The fourth-order valence-corrected chi connectivity index (χ4v) is 3.79. The van der Waals surface area contributed by atoms with E-state index in [0.29, 0.717) is 5.56 Å². The molecule has 1 aliphatic carbocycles. The number of hydrogen-bond donors (Lipinski definition) is 6. The lowest BCUT2D eigenvalue weighted by atomic mass is 9.82. The van der Waals surface area contributed by atoms with E-state index in [1.807, 2.05) is 0 Å². The quantitative estimate of drug-likeness (QED) is 0.312. The van der Waals surface area contributed by atoms with Crippen molar-refractivity contribution in [3.63, 3.8) is 0 Å². The van der Waals surface area contributed by atoms with Crippen LogP contribution >= 0.6 is 0 Å². The molecule has 4 rings (SSSR count). The molecule has 0 radical (unpaired) electrons. The molecule has 0 spiro atoms. The van der Waals surface area contributed by atoms with E-state index in [4.69, 9.17) is 9.47 Å². The lowest BCUT2D eigenvalue weighted by Gasteiger charge is -2.39. The molecule has 164 valence electrons. The highest BCUT2D eigenvalue weighted by atomic mass is 16.7. The zero-order valence-corrected chi connectivity index (χ0v) is 16.2. The van der Waals surface area contributed by atoms with Gasteiger partial charge in [-0.25, -0.2) is 0 Å². The Balaban J connectivity index is 1.72. The number of hydrogen-bond acceptors (Lipinski definition) is 10. The standard InChI is InChI=1S/C21H20O10/c1-7-2-10-15(12(24)3-7)17(26)9-5-13(11(23)4-8(9)16(10)25)30-21-20(29)19(28)18(27)14(6-22)31-21/h2-5,14,18-24,27-29H,6H2,1H3. The number of ether oxygens (including phenoxy) is 2. The Hall–Kier alpha value is -3.02. The minimum atomic E-state index is -1.74. The third-order valence-electron chi connectivity index (χ3n) is 5.41. The van der Waals surface area contributed by atoms with Crippen LogP contribution in [0.4, 0.5) is 0 Å². The van der Waals surface area contributed by atoms with E-state index in [-0.39, 0.29) is 33.8 Å². The molecule has 1 fully saturated rings. The summed E-state index contributed by atoms with van der Waals surface area (Å²) in [6, 6.07) is 4.90. The second kappa shape index (κ2) is 7.59. The van der Waals surface area contributed by atoms with Gasteiger partial charge in [-0.15, -0.1) is 0 Å². The van der Waals surface area contributed by atoms with Crippen molar-refractivity contribution in [2.45, 2.75) is 37.6 Å². The highest BCUT2D eigenvalue weighted by molar-refractivity contribution is 6.29. The van der Waals surface area contributed by atoms with Crippen LogP contribution < -0.4 is 4.74 Å². The lowest BCUT2D eigenvalue weighted by Crippen LogP contribution is -2.60. The average Bonchev–Trinajstić information content (AvgIpc) is 2.72. The molecule has 1 aliphatic heterocycles. The normalized spacial score (nSPS) is 27.6. The van der Waals surface area contributed by atoms with Gasteiger partial charge in [0.25, 0.3) is 0 Å². The van der Waals surface area contributed by atoms with Crippen LogP contribution in [0, 0.1) is 6.92 Å². The van der Waals surface area contributed by atoms with Crippen molar-refractivity contribution in [2.24, 2.45) is 0 Å². The first-order valence-corrected chi connectivity index (χ1v) is 9.41. The van der Waals surface area contributed by atoms with E-state index >= 15 is 0 Å². The van der Waals surface area contributed by atoms with E-state index in [2.05, 4.69) is 0 Å². The van der Waals surface area contributed by atoms with Crippen molar-refractivity contribution < 1.29 is 49.7 Å². The summed E-state index contributed by atoms with van der Waals surface area (Å²) in [7, 11) is 0. The van der Waals surface area contributed by atoms with Crippen molar-refractivity contribution in [2.75, 3.05) is 6.61 Å². The predicted octanol–water partition coefficient (Wildman–Crippen LogP) is -0.640. The maximum atomic E-state index is 13.0. The molecule has 31 heavy (non-hydrogen) atoms. The van der Waals surface area contributed by atoms with Crippen LogP contribution in [0.3, 0.4) is 0 Å². The molecule has 1 heterocycles. The Morgan fingerprint density at radius 3 is 2.23 bits per heavy atom. The number of rotatable bonds is 3. The summed E-state index contributed by atoms with van der Waals surface area (Å²) >= 11 is 0. The minimum absolute atomic E-state index is 0.0111. The largest absolute Gasteiger partial charge is 0.507 e. The minimum Gasteiger partial charge on any atom is -0.507 e. The van der Waals surface area contributed by atoms with E-state index in [1.54, 1.807) is 6.92 Å². The molecule has 6 N–H and O–H groups in total.